The summed E-state index contributed by atoms with van der Waals surface area (Å²) in [6.45, 7) is 0. The fourth-order valence-electron chi connectivity index (χ4n) is 2.58. The van der Waals surface area contributed by atoms with E-state index in [1.54, 1.807) is 6.07 Å². The van der Waals surface area contributed by atoms with Crippen molar-refractivity contribution in [1.29, 1.82) is 5.26 Å². The molecule has 2 aromatic carbocycles. The van der Waals surface area contributed by atoms with Gasteiger partial charge in [0.05, 0.1) is 15.5 Å². The maximum absolute atomic E-state index is 12.4. The van der Waals surface area contributed by atoms with E-state index in [1.165, 1.54) is 60.7 Å². The van der Waals surface area contributed by atoms with E-state index in [1.807, 2.05) is 0 Å². The predicted octanol–water partition coefficient (Wildman–Crippen LogP) is 4.75. The molecule has 2 N–H and O–H groups in total. The van der Waals surface area contributed by atoms with Gasteiger partial charge in [-0.1, -0.05) is 11.6 Å². The molecule has 0 radical (unpaired) electrons. The third-order valence-electron chi connectivity index (χ3n) is 4.09. The molecule has 1 heterocycles. The molecule has 0 aliphatic carbocycles. The molecule has 31 heavy (non-hydrogen) atoms. The van der Waals surface area contributed by atoms with Crippen LogP contribution in [0.1, 0.15) is 16.1 Å². The van der Waals surface area contributed by atoms with Crippen LogP contribution in [0.3, 0.4) is 0 Å². The van der Waals surface area contributed by atoms with E-state index in [0.717, 1.165) is 0 Å². The summed E-state index contributed by atoms with van der Waals surface area (Å²) in [4.78, 5) is 33.6. The van der Waals surface area contributed by atoms with Crippen molar-refractivity contribution in [3.05, 3.63) is 86.6 Å². The van der Waals surface area contributed by atoms with Crippen LogP contribution in [-0.4, -0.2) is 21.9 Å². The summed E-state index contributed by atoms with van der Waals surface area (Å²) in [5.74, 6) is -1.45. The highest BCUT2D eigenvalue weighted by molar-refractivity contribution is 6.33. The number of halogens is 1. The number of benzene rings is 2. The summed E-state index contributed by atoms with van der Waals surface area (Å²) >= 11 is 6.10. The van der Waals surface area contributed by atoms with Gasteiger partial charge in [-0.15, -0.1) is 0 Å². The van der Waals surface area contributed by atoms with Crippen LogP contribution in [0.15, 0.2) is 64.6 Å². The molecule has 0 unspecified atom stereocenters. The molecular weight excluding hydrogens is 426 g/mol. The van der Waals surface area contributed by atoms with Crippen LogP contribution in [-0.2, 0) is 4.79 Å². The molecule has 0 aliphatic heterocycles. The summed E-state index contributed by atoms with van der Waals surface area (Å²) in [7, 11) is 0. The Balaban J connectivity index is 1.82. The molecule has 0 saturated carbocycles. The van der Waals surface area contributed by atoms with Crippen LogP contribution in [0.2, 0.25) is 5.02 Å². The zero-order chi connectivity index (χ0) is 22.5. The Labute approximate surface area is 179 Å². The van der Waals surface area contributed by atoms with Gasteiger partial charge in [0.15, 0.2) is 0 Å². The Bertz CT molecular complexity index is 1250. The number of nitriles is 1. The summed E-state index contributed by atoms with van der Waals surface area (Å²) in [6, 6.07) is 14.1. The zero-order valence-corrected chi connectivity index (χ0v) is 16.3. The summed E-state index contributed by atoms with van der Waals surface area (Å²) in [5.41, 5.74) is 0.209. The van der Waals surface area contributed by atoms with E-state index >= 15 is 0 Å². The van der Waals surface area contributed by atoms with Crippen LogP contribution in [0, 0.1) is 21.4 Å². The maximum atomic E-state index is 12.4. The maximum Gasteiger partial charge on any atom is 0.335 e. The standard InChI is InChI=1S/C21H12ClN3O6/c22-18-7-5-15(25(29)30)10-17(18)19-8-6-16(31-19)9-13(11-23)20(26)24-14-3-1-12(2-4-14)21(27)28/h1-10H,(H,24,26)(H,27,28). The van der Waals surface area contributed by atoms with Crippen LogP contribution < -0.4 is 5.32 Å². The predicted molar refractivity (Wildman–Crippen MR) is 111 cm³/mol. The number of aromatic carboxylic acids is 1. The summed E-state index contributed by atoms with van der Waals surface area (Å²) in [5, 5.41) is 31.9. The van der Waals surface area contributed by atoms with Crippen molar-refractivity contribution in [3.63, 3.8) is 0 Å². The Morgan fingerprint density at radius 2 is 1.87 bits per heavy atom. The van der Waals surface area contributed by atoms with Gasteiger partial charge >= 0.3 is 5.97 Å². The molecule has 10 heteroatoms. The van der Waals surface area contributed by atoms with Crippen LogP contribution >= 0.6 is 11.6 Å². The molecule has 3 rings (SSSR count). The SMILES string of the molecule is N#CC(=Cc1ccc(-c2cc([N+](=O)[O-])ccc2Cl)o1)C(=O)Nc1ccc(C(=O)O)cc1. The lowest BCUT2D eigenvalue weighted by atomic mass is 10.1. The van der Waals surface area contributed by atoms with Gasteiger partial charge in [-0.3, -0.25) is 14.9 Å². The van der Waals surface area contributed by atoms with E-state index in [4.69, 9.17) is 21.1 Å². The molecule has 0 fully saturated rings. The molecule has 0 aliphatic rings. The minimum Gasteiger partial charge on any atom is -0.478 e. The number of nitrogens with one attached hydrogen (secondary N) is 1. The van der Waals surface area contributed by atoms with Crippen molar-refractivity contribution in [3.8, 4) is 17.4 Å². The second-order valence-corrected chi connectivity index (χ2v) is 6.54. The average Bonchev–Trinajstić information content (AvgIpc) is 3.20. The number of nitro groups is 1. The lowest BCUT2D eigenvalue weighted by molar-refractivity contribution is -0.384. The summed E-state index contributed by atoms with van der Waals surface area (Å²) in [6.07, 6.45) is 1.20. The molecular formula is C21H12ClN3O6. The number of nitrogens with zero attached hydrogens (tertiary/aromatic N) is 2. The van der Waals surface area contributed by atoms with Gasteiger partial charge in [0, 0.05) is 29.5 Å². The average molecular weight is 438 g/mol. The fourth-order valence-corrected chi connectivity index (χ4v) is 2.79. The largest absolute Gasteiger partial charge is 0.478 e. The minimum atomic E-state index is -1.10. The smallest absolute Gasteiger partial charge is 0.335 e. The second-order valence-electron chi connectivity index (χ2n) is 6.13. The fraction of sp³-hybridized carbons (Fsp3) is 0. The number of carboxylic acids is 1. The number of non-ortho nitro benzene ring substituents is 1. The monoisotopic (exact) mass is 437 g/mol. The van der Waals surface area contributed by atoms with Gasteiger partial charge in [0.25, 0.3) is 11.6 Å². The zero-order valence-electron chi connectivity index (χ0n) is 15.5. The van der Waals surface area contributed by atoms with Gasteiger partial charge in [0.1, 0.15) is 23.2 Å². The molecule has 154 valence electrons. The molecule has 3 aromatic rings. The van der Waals surface area contributed by atoms with Crippen molar-refractivity contribution in [2.45, 2.75) is 0 Å². The van der Waals surface area contributed by atoms with E-state index in [2.05, 4.69) is 5.32 Å². The number of hydrogen-bond donors (Lipinski definition) is 2. The number of furan rings is 1. The van der Waals surface area contributed by atoms with Crippen molar-refractivity contribution in [1.82, 2.24) is 0 Å². The Hall–Kier alpha value is -4.42. The number of carbonyl (C=O) groups is 2. The lowest BCUT2D eigenvalue weighted by Gasteiger charge is -2.04. The highest BCUT2D eigenvalue weighted by atomic mass is 35.5. The Kier molecular flexibility index (Phi) is 6.14. The highest BCUT2D eigenvalue weighted by Gasteiger charge is 2.16. The van der Waals surface area contributed by atoms with Gasteiger partial charge in [-0.2, -0.15) is 5.26 Å². The van der Waals surface area contributed by atoms with Gasteiger partial charge in [-0.25, -0.2) is 4.79 Å². The molecule has 0 atom stereocenters. The first-order chi connectivity index (χ1) is 14.8. The third kappa shape index (κ3) is 4.95. The number of hydrogen-bond acceptors (Lipinski definition) is 6. The van der Waals surface area contributed by atoms with Crippen LogP contribution in [0.25, 0.3) is 17.4 Å². The third-order valence-corrected chi connectivity index (χ3v) is 4.42. The topological polar surface area (TPSA) is 146 Å². The number of nitro benzene ring substituents is 1. The van der Waals surface area contributed by atoms with E-state index in [-0.39, 0.29) is 38.9 Å². The molecule has 0 spiro atoms. The van der Waals surface area contributed by atoms with Gasteiger partial charge in [-0.05, 0) is 42.5 Å². The molecule has 1 amide bonds. The molecule has 0 saturated heterocycles. The van der Waals surface area contributed by atoms with Gasteiger partial charge in [0.2, 0.25) is 0 Å². The van der Waals surface area contributed by atoms with Gasteiger partial charge < -0.3 is 14.8 Å². The van der Waals surface area contributed by atoms with Crippen molar-refractivity contribution in [2.75, 3.05) is 5.32 Å². The minimum absolute atomic E-state index is 0.0528. The van der Waals surface area contributed by atoms with Crippen LogP contribution in [0.5, 0.6) is 0 Å². The highest BCUT2D eigenvalue weighted by Crippen LogP contribution is 2.33. The quantitative estimate of drug-likeness (QED) is 0.244. The van der Waals surface area contributed by atoms with E-state index < -0.39 is 16.8 Å². The second kappa shape index (κ2) is 8.94. The Morgan fingerprint density at radius 1 is 1.16 bits per heavy atom. The van der Waals surface area contributed by atoms with Crippen molar-refractivity contribution >= 4 is 40.9 Å². The van der Waals surface area contributed by atoms with Crippen molar-refractivity contribution in [2.24, 2.45) is 0 Å². The summed E-state index contributed by atoms with van der Waals surface area (Å²) < 4.78 is 5.58. The van der Waals surface area contributed by atoms with E-state index in [9.17, 15) is 25.0 Å². The molecule has 0 bridgehead atoms. The van der Waals surface area contributed by atoms with Crippen molar-refractivity contribution < 1.29 is 24.0 Å². The lowest BCUT2D eigenvalue weighted by Crippen LogP contribution is -2.13. The number of amides is 1. The molecule has 1 aromatic heterocycles. The first-order valence-electron chi connectivity index (χ1n) is 8.59. The first-order valence-corrected chi connectivity index (χ1v) is 8.97. The number of anilines is 1. The number of rotatable bonds is 6. The Morgan fingerprint density at radius 3 is 2.48 bits per heavy atom. The number of carbonyl (C=O) groups excluding carboxylic acids is 1. The number of carboxylic acid groups (broad SMARTS) is 1. The first kappa shape index (κ1) is 21.3. The molecule has 9 nitrogen and oxygen atoms in total. The van der Waals surface area contributed by atoms with Crippen LogP contribution in [0.4, 0.5) is 11.4 Å². The normalized spacial score (nSPS) is 10.9. The van der Waals surface area contributed by atoms with E-state index in [0.29, 0.717) is 5.69 Å².